The molecule has 2 fully saturated rings. The highest BCUT2D eigenvalue weighted by atomic mass is 16.5. The second kappa shape index (κ2) is 10.5. The minimum atomic E-state index is -0.346. The number of piperidine rings is 1. The molecule has 0 aliphatic carbocycles. The Balaban J connectivity index is 1.49. The fourth-order valence-electron chi connectivity index (χ4n) is 4.24. The second-order valence-corrected chi connectivity index (χ2v) is 8.69. The first-order valence-electron chi connectivity index (χ1n) is 11.5. The fraction of sp³-hybridized carbons (Fsp3) is 0.440. The van der Waals surface area contributed by atoms with Gasteiger partial charge < -0.3 is 25.6 Å². The van der Waals surface area contributed by atoms with E-state index in [1.807, 2.05) is 42.5 Å². The fourth-order valence-corrected chi connectivity index (χ4v) is 4.24. The van der Waals surface area contributed by atoms with Crippen LogP contribution in [0.3, 0.4) is 0 Å². The van der Waals surface area contributed by atoms with E-state index in [1.54, 1.807) is 6.07 Å². The lowest BCUT2D eigenvalue weighted by Crippen LogP contribution is -2.36. The van der Waals surface area contributed by atoms with Gasteiger partial charge in [0.2, 0.25) is 0 Å². The number of rotatable bonds is 6. The summed E-state index contributed by atoms with van der Waals surface area (Å²) >= 11 is 0. The van der Waals surface area contributed by atoms with Gasteiger partial charge in [-0.15, -0.1) is 0 Å². The molecule has 170 valence electrons. The van der Waals surface area contributed by atoms with E-state index in [0.717, 1.165) is 51.1 Å². The minimum absolute atomic E-state index is 0.0798. The molecule has 0 spiro atoms. The summed E-state index contributed by atoms with van der Waals surface area (Å²) in [7, 11) is 0. The Labute approximate surface area is 189 Å². The van der Waals surface area contributed by atoms with Gasteiger partial charge in [0, 0.05) is 43.3 Å². The number of anilines is 3. The number of carbonyl (C=O) groups is 2. The van der Waals surface area contributed by atoms with E-state index in [0.29, 0.717) is 29.4 Å². The maximum absolute atomic E-state index is 13.1. The number of hydrogen-bond acceptors (Lipinski definition) is 4. The molecule has 2 heterocycles. The van der Waals surface area contributed by atoms with E-state index in [-0.39, 0.29) is 18.0 Å². The summed E-state index contributed by atoms with van der Waals surface area (Å²) in [6, 6.07) is 14.5. The highest BCUT2D eigenvalue weighted by Gasteiger charge is 2.23. The Morgan fingerprint density at radius 3 is 2.47 bits per heavy atom. The molecule has 2 aromatic rings. The molecule has 7 nitrogen and oxygen atoms in total. The molecule has 4 rings (SSSR count). The smallest absolute Gasteiger partial charge is 0.323 e. The van der Waals surface area contributed by atoms with Gasteiger partial charge in [-0.2, -0.15) is 0 Å². The van der Waals surface area contributed by atoms with Gasteiger partial charge in [0.15, 0.2) is 0 Å². The molecule has 0 aromatic heterocycles. The first-order valence-corrected chi connectivity index (χ1v) is 11.5. The molecular formula is C25H32N4O3. The summed E-state index contributed by atoms with van der Waals surface area (Å²) in [6.07, 6.45) is 4.30. The number of nitrogens with zero attached hydrogens (tertiary/aromatic N) is 1. The molecule has 2 aliphatic rings. The van der Waals surface area contributed by atoms with Crippen molar-refractivity contribution in [1.82, 2.24) is 5.32 Å². The van der Waals surface area contributed by atoms with E-state index in [9.17, 15) is 9.59 Å². The third kappa shape index (κ3) is 5.79. The molecule has 0 bridgehead atoms. The van der Waals surface area contributed by atoms with Gasteiger partial charge in [-0.25, -0.2) is 4.79 Å². The lowest BCUT2D eigenvalue weighted by Gasteiger charge is -2.33. The number of ether oxygens (including phenoxy) is 1. The second-order valence-electron chi connectivity index (χ2n) is 8.69. The monoisotopic (exact) mass is 436 g/mol. The van der Waals surface area contributed by atoms with Gasteiger partial charge in [-0.1, -0.05) is 25.1 Å². The molecule has 2 aromatic carbocycles. The standard InChI is InChI=1S/C25H32N4O3/c1-18-11-13-29(14-12-18)23-10-9-20(28-25(31)27-19-6-3-2-4-7-19)16-22(23)24(30)26-17-21-8-5-15-32-21/h2-4,6-7,9-10,16,18,21H,5,8,11-15,17H2,1H3,(H,26,30)(H2,27,28,31)/t21-/m0/s1. The Hall–Kier alpha value is -3.06. The van der Waals surface area contributed by atoms with E-state index in [1.165, 1.54) is 0 Å². The van der Waals surface area contributed by atoms with Crippen LogP contribution < -0.4 is 20.9 Å². The van der Waals surface area contributed by atoms with Crippen LogP contribution in [0.2, 0.25) is 0 Å². The number of para-hydroxylation sites is 1. The van der Waals surface area contributed by atoms with Crippen LogP contribution in [0, 0.1) is 5.92 Å². The number of nitrogens with one attached hydrogen (secondary N) is 3. The third-order valence-electron chi connectivity index (χ3n) is 6.17. The van der Waals surface area contributed by atoms with Crippen molar-refractivity contribution >= 4 is 29.0 Å². The number of urea groups is 1. The summed E-state index contributed by atoms with van der Waals surface area (Å²) < 4.78 is 5.64. The molecule has 3 amide bonds. The lowest BCUT2D eigenvalue weighted by molar-refractivity contribution is 0.0858. The van der Waals surface area contributed by atoms with Gasteiger partial charge in [0.05, 0.1) is 11.7 Å². The van der Waals surface area contributed by atoms with Gasteiger partial charge in [-0.05, 0) is 61.9 Å². The zero-order valence-electron chi connectivity index (χ0n) is 18.6. The topological polar surface area (TPSA) is 82.7 Å². The van der Waals surface area contributed by atoms with Gasteiger partial charge in [0.1, 0.15) is 0 Å². The summed E-state index contributed by atoms with van der Waals surface area (Å²) in [4.78, 5) is 27.8. The van der Waals surface area contributed by atoms with Gasteiger partial charge in [-0.3, -0.25) is 4.79 Å². The SMILES string of the molecule is CC1CCN(c2ccc(NC(=O)Nc3ccccc3)cc2C(=O)NC[C@@H]2CCCO2)CC1. The number of hydrogen-bond donors (Lipinski definition) is 3. The minimum Gasteiger partial charge on any atom is -0.376 e. The van der Waals surface area contributed by atoms with E-state index in [2.05, 4.69) is 27.8 Å². The van der Waals surface area contributed by atoms with Crippen molar-refractivity contribution in [2.24, 2.45) is 5.92 Å². The highest BCUT2D eigenvalue weighted by molar-refractivity contribution is 6.04. The molecule has 0 radical (unpaired) electrons. The predicted octanol–water partition coefficient (Wildman–Crippen LogP) is 4.48. The molecule has 0 saturated carbocycles. The van der Waals surface area contributed by atoms with E-state index in [4.69, 9.17) is 4.74 Å². The van der Waals surface area contributed by atoms with Crippen molar-refractivity contribution < 1.29 is 14.3 Å². The summed E-state index contributed by atoms with van der Waals surface area (Å²) in [6.45, 7) is 5.38. The van der Waals surface area contributed by atoms with Crippen molar-refractivity contribution in [1.29, 1.82) is 0 Å². The van der Waals surface area contributed by atoms with Crippen molar-refractivity contribution in [2.45, 2.75) is 38.7 Å². The Morgan fingerprint density at radius 2 is 1.75 bits per heavy atom. The molecule has 7 heteroatoms. The quantitative estimate of drug-likeness (QED) is 0.624. The first kappa shape index (κ1) is 22.1. The summed E-state index contributed by atoms with van der Waals surface area (Å²) in [5, 5.41) is 8.68. The Kier molecular flexibility index (Phi) is 7.27. The molecular weight excluding hydrogens is 404 g/mol. The van der Waals surface area contributed by atoms with Crippen molar-refractivity contribution in [2.75, 3.05) is 41.8 Å². The van der Waals surface area contributed by atoms with Crippen LogP contribution in [0.15, 0.2) is 48.5 Å². The molecule has 2 saturated heterocycles. The van der Waals surface area contributed by atoms with Crippen LogP contribution in [0.1, 0.15) is 43.0 Å². The number of carbonyl (C=O) groups excluding carboxylic acids is 2. The molecule has 2 aliphatic heterocycles. The lowest BCUT2D eigenvalue weighted by atomic mass is 9.97. The van der Waals surface area contributed by atoms with Crippen molar-refractivity contribution in [3.8, 4) is 0 Å². The maximum Gasteiger partial charge on any atom is 0.323 e. The summed E-state index contributed by atoms with van der Waals surface area (Å²) in [5.41, 5.74) is 2.78. The van der Waals surface area contributed by atoms with Crippen LogP contribution in [-0.4, -0.2) is 44.3 Å². The van der Waals surface area contributed by atoms with Crippen LogP contribution >= 0.6 is 0 Å². The van der Waals surface area contributed by atoms with E-state index >= 15 is 0 Å². The van der Waals surface area contributed by atoms with Crippen LogP contribution in [-0.2, 0) is 4.74 Å². The third-order valence-corrected chi connectivity index (χ3v) is 6.17. The molecule has 0 unspecified atom stereocenters. The van der Waals surface area contributed by atoms with Crippen LogP contribution in [0.25, 0.3) is 0 Å². The first-order chi connectivity index (χ1) is 15.6. The van der Waals surface area contributed by atoms with Crippen molar-refractivity contribution in [3.63, 3.8) is 0 Å². The average molecular weight is 437 g/mol. The maximum atomic E-state index is 13.1. The van der Waals surface area contributed by atoms with Crippen molar-refractivity contribution in [3.05, 3.63) is 54.1 Å². The normalized spacial score (nSPS) is 18.9. The largest absolute Gasteiger partial charge is 0.376 e. The van der Waals surface area contributed by atoms with Gasteiger partial charge in [0.25, 0.3) is 5.91 Å². The number of amides is 3. The number of benzene rings is 2. The Morgan fingerprint density at radius 1 is 1.00 bits per heavy atom. The molecule has 1 atom stereocenters. The zero-order valence-corrected chi connectivity index (χ0v) is 18.6. The van der Waals surface area contributed by atoms with Gasteiger partial charge >= 0.3 is 6.03 Å². The highest BCUT2D eigenvalue weighted by Crippen LogP contribution is 2.29. The average Bonchev–Trinajstić information content (AvgIpc) is 3.32. The van der Waals surface area contributed by atoms with Crippen LogP contribution in [0.5, 0.6) is 0 Å². The summed E-state index contributed by atoms with van der Waals surface area (Å²) in [5.74, 6) is 0.562. The predicted molar refractivity (Wildman–Crippen MR) is 127 cm³/mol. The zero-order chi connectivity index (χ0) is 22.3. The van der Waals surface area contributed by atoms with E-state index < -0.39 is 0 Å². The Bertz CT molecular complexity index is 920. The molecule has 3 N–H and O–H groups in total. The molecule has 32 heavy (non-hydrogen) atoms. The van der Waals surface area contributed by atoms with Crippen LogP contribution in [0.4, 0.5) is 21.9 Å².